The molecule has 1 N–H and O–H groups in total. The van der Waals surface area contributed by atoms with Crippen molar-refractivity contribution in [1.82, 2.24) is 0 Å². The predicted molar refractivity (Wildman–Crippen MR) is 114 cm³/mol. The first-order valence-electron chi connectivity index (χ1n) is 9.67. The first-order chi connectivity index (χ1) is 14.0. The summed E-state index contributed by atoms with van der Waals surface area (Å²) in [6.07, 6.45) is 5.12. The minimum atomic E-state index is -0.447. The summed E-state index contributed by atoms with van der Waals surface area (Å²) in [6, 6.07) is 11.9. The van der Waals surface area contributed by atoms with Gasteiger partial charge in [-0.2, -0.15) is 0 Å². The van der Waals surface area contributed by atoms with Gasteiger partial charge < -0.3 is 5.32 Å². The molecule has 0 aromatic heterocycles. The summed E-state index contributed by atoms with van der Waals surface area (Å²) in [5.41, 5.74) is 1.63. The third kappa shape index (κ3) is 4.72. The number of anilines is 1. The zero-order valence-electron chi connectivity index (χ0n) is 15.8. The summed E-state index contributed by atoms with van der Waals surface area (Å²) in [5, 5.41) is 3.47. The van der Waals surface area contributed by atoms with Crippen LogP contribution in [0.2, 0.25) is 0 Å². The number of nitrogens with zero attached hydrogens (tertiary/aromatic N) is 2. The van der Waals surface area contributed by atoms with Crippen LogP contribution in [0.15, 0.2) is 58.5 Å². The van der Waals surface area contributed by atoms with Gasteiger partial charge in [0.05, 0.1) is 11.5 Å². The number of carbonyl (C=O) groups is 1. The number of thioether (sulfide) groups is 1. The molecule has 1 aliphatic carbocycles. The van der Waals surface area contributed by atoms with E-state index in [2.05, 4.69) is 5.32 Å². The van der Waals surface area contributed by atoms with Crippen LogP contribution in [0.4, 0.5) is 14.5 Å². The highest BCUT2D eigenvalue weighted by atomic mass is 32.2. The highest BCUT2D eigenvalue weighted by Gasteiger charge is 2.37. The molecule has 1 fully saturated rings. The first-order valence-corrected chi connectivity index (χ1v) is 10.7. The van der Waals surface area contributed by atoms with Crippen molar-refractivity contribution in [3.63, 3.8) is 0 Å². The van der Waals surface area contributed by atoms with Gasteiger partial charge in [0.1, 0.15) is 16.7 Å². The second kappa shape index (κ2) is 8.45. The third-order valence-corrected chi connectivity index (χ3v) is 6.04. The molecule has 2 aromatic rings. The molecule has 0 saturated heterocycles. The Labute approximate surface area is 172 Å². The van der Waals surface area contributed by atoms with Crippen LogP contribution >= 0.6 is 11.8 Å². The van der Waals surface area contributed by atoms with Gasteiger partial charge in [-0.1, -0.05) is 18.2 Å². The summed E-state index contributed by atoms with van der Waals surface area (Å²) >= 11 is 1.33. The van der Waals surface area contributed by atoms with Gasteiger partial charge in [0.2, 0.25) is 5.91 Å². The minimum absolute atomic E-state index is 0.159. The molecular formula is C22H21F2N3OS. The third-order valence-electron chi connectivity index (χ3n) is 5.07. The van der Waals surface area contributed by atoms with Crippen molar-refractivity contribution >= 4 is 34.1 Å². The number of carbonyl (C=O) groups excluding carboxylic acids is 1. The van der Waals surface area contributed by atoms with Gasteiger partial charge in [-0.05, 0) is 74.2 Å². The summed E-state index contributed by atoms with van der Waals surface area (Å²) < 4.78 is 26.4. The lowest BCUT2D eigenvalue weighted by Gasteiger charge is -2.27. The smallest absolute Gasteiger partial charge is 0.234 e. The monoisotopic (exact) mass is 413 g/mol. The quantitative estimate of drug-likeness (QED) is 0.749. The highest BCUT2D eigenvalue weighted by molar-refractivity contribution is 8.16. The SMILES string of the molecule is O=C(CSC1=NC2(CCCCC2)N=C1c1ccc(F)cc1)Nc1ccc(F)cc1. The van der Waals surface area contributed by atoms with E-state index < -0.39 is 5.66 Å². The normalized spacial score (nSPS) is 17.7. The average Bonchev–Trinajstić information content (AvgIpc) is 3.07. The Morgan fingerprint density at radius 1 is 0.931 bits per heavy atom. The second-order valence-corrected chi connectivity index (χ2v) is 8.24. The van der Waals surface area contributed by atoms with Crippen LogP contribution in [-0.4, -0.2) is 28.1 Å². The summed E-state index contributed by atoms with van der Waals surface area (Å²) in [7, 11) is 0. The van der Waals surface area contributed by atoms with E-state index in [1.807, 2.05) is 0 Å². The van der Waals surface area contributed by atoms with Crippen molar-refractivity contribution in [2.45, 2.75) is 37.8 Å². The molecule has 1 spiro atoms. The lowest BCUT2D eigenvalue weighted by atomic mass is 9.90. The van der Waals surface area contributed by atoms with Crippen molar-refractivity contribution in [3.8, 4) is 0 Å². The number of rotatable bonds is 4. The van der Waals surface area contributed by atoms with Crippen molar-refractivity contribution in [2.24, 2.45) is 9.98 Å². The lowest BCUT2D eigenvalue weighted by Crippen LogP contribution is -2.25. The zero-order chi connectivity index (χ0) is 20.3. The van der Waals surface area contributed by atoms with Gasteiger partial charge in [0, 0.05) is 11.3 Å². The number of nitrogens with one attached hydrogen (secondary N) is 1. The zero-order valence-corrected chi connectivity index (χ0v) is 16.6. The number of halogens is 2. The molecule has 1 heterocycles. The van der Waals surface area contributed by atoms with Crippen LogP contribution in [-0.2, 0) is 4.79 Å². The summed E-state index contributed by atoms with van der Waals surface area (Å²) in [5.74, 6) is -0.695. The van der Waals surface area contributed by atoms with E-state index in [0.29, 0.717) is 10.7 Å². The largest absolute Gasteiger partial charge is 0.325 e. The van der Waals surface area contributed by atoms with E-state index in [1.54, 1.807) is 12.1 Å². The van der Waals surface area contributed by atoms with Crippen molar-refractivity contribution in [2.75, 3.05) is 11.1 Å². The Bertz CT molecular complexity index is 949. The molecule has 0 unspecified atom stereocenters. The Kier molecular flexibility index (Phi) is 5.76. The van der Waals surface area contributed by atoms with E-state index >= 15 is 0 Å². The Hall–Kier alpha value is -2.54. The van der Waals surface area contributed by atoms with E-state index in [0.717, 1.165) is 37.0 Å². The average molecular weight is 413 g/mol. The molecule has 4 nitrogen and oxygen atoms in total. The minimum Gasteiger partial charge on any atom is -0.325 e. The van der Waals surface area contributed by atoms with Crippen LogP contribution < -0.4 is 5.32 Å². The first kappa shape index (κ1) is 19.8. The van der Waals surface area contributed by atoms with E-state index in [9.17, 15) is 13.6 Å². The molecule has 2 aromatic carbocycles. The standard InChI is InChI=1S/C22H21F2N3OS/c23-16-6-4-15(5-7-16)20-21(27-22(26-20)12-2-1-3-13-22)29-14-19(28)25-18-10-8-17(24)9-11-18/h4-11H,1-3,12-14H2,(H,25,28). The van der Waals surface area contributed by atoms with Crippen molar-refractivity contribution in [1.29, 1.82) is 0 Å². The molecule has 0 radical (unpaired) electrons. The summed E-state index contributed by atoms with van der Waals surface area (Å²) in [4.78, 5) is 22.2. The molecule has 1 amide bonds. The van der Waals surface area contributed by atoms with Gasteiger partial charge in [-0.25, -0.2) is 13.8 Å². The van der Waals surface area contributed by atoms with Crippen LogP contribution in [0.25, 0.3) is 0 Å². The fraction of sp³-hybridized carbons (Fsp3) is 0.318. The fourth-order valence-corrected chi connectivity index (χ4v) is 4.50. The Balaban J connectivity index is 1.49. The molecule has 0 atom stereocenters. The topological polar surface area (TPSA) is 53.8 Å². The molecule has 1 saturated carbocycles. The number of amides is 1. The molecular weight excluding hydrogens is 392 g/mol. The van der Waals surface area contributed by atoms with Gasteiger partial charge in [-0.15, -0.1) is 0 Å². The maximum Gasteiger partial charge on any atom is 0.234 e. The Morgan fingerprint density at radius 2 is 1.55 bits per heavy atom. The molecule has 150 valence electrons. The number of hydrogen-bond donors (Lipinski definition) is 1. The summed E-state index contributed by atoms with van der Waals surface area (Å²) in [6.45, 7) is 0. The van der Waals surface area contributed by atoms with E-state index in [-0.39, 0.29) is 23.3 Å². The van der Waals surface area contributed by atoms with Crippen LogP contribution in [0.5, 0.6) is 0 Å². The molecule has 4 rings (SSSR count). The second-order valence-electron chi connectivity index (χ2n) is 7.27. The lowest BCUT2D eigenvalue weighted by molar-refractivity contribution is -0.113. The molecule has 2 aliphatic rings. The fourth-order valence-electron chi connectivity index (χ4n) is 3.63. The molecule has 7 heteroatoms. The van der Waals surface area contributed by atoms with Gasteiger partial charge >= 0.3 is 0 Å². The van der Waals surface area contributed by atoms with Crippen LogP contribution in [0.3, 0.4) is 0 Å². The molecule has 29 heavy (non-hydrogen) atoms. The van der Waals surface area contributed by atoms with Crippen molar-refractivity contribution in [3.05, 3.63) is 65.7 Å². The maximum atomic E-state index is 13.4. The predicted octanol–water partition coefficient (Wildman–Crippen LogP) is 5.20. The maximum absolute atomic E-state index is 13.4. The highest BCUT2D eigenvalue weighted by Crippen LogP contribution is 2.38. The van der Waals surface area contributed by atoms with Crippen LogP contribution in [0.1, 0.15) is 37.7 Å². The Morgan fingerprint density at radius 3 is 2.21 bits per heavy atom. The van der Waals surface area contributed by atoms with Crippen LogP contribution in [0, 0.1) is 11.6 Å². The van der Waals surface area contributed by atoms with Crippen molar-refractivity contribution < 1.29 is 13.6 Å². The van der Waals surface area contributed by atoms with Gasteiger partial charge in [0.25, 0.3) is 0 Å². The van der Waals surface area contributed by atoms with E-state index in [4.69, 9.17) is 9.98 Å². The van der Waals surface area contributed by atoms with E-state index in [1.165, 1.54) is 54.6 Å². The van der Waals surface area contributed by atoms with Gasteiger partial charge in [-0.3, -0.25) is 9.79 Å². The molecule has 0 bridgehead atoms. The molecule has 1 aliphatic heterocycles. The number of hydrogen-bond acceptors (Lipinski definition) is 4. The number of aliphatic imine (C=N–C) groups is 2. The number of benzene rings is 2. The van der Waals surface area contributed by atoms with Gasteiger partial charge in [0.15, 0.2) is 5.66 Å².